The lowest BCUT2D eigenvalue weighted by atomic mass is 9.83. The second-order valence-electron chi connectivity index (χ2n) is 4.81. The highest BCUT2D eigenvalue weighted by molar-refractivity contribution is 5.78. The summed E-state index contributed by atoms with van der Waals surface area (Å²) < 4.78 is 0. The van der Waals surface area contributed by atoms with Crippen LogP contribution in [-0.4, -0.2) is 17.0 Å². The lowest BCUT2D eigenvalue weighted by Gasteiger charge is -2.26. The summed E-state index contributed by atoms with van der Waals surface area (Å²) in [5.41, 5.74) is 0. The molecule has 0 spiro atoms. The minimum atomic E-state index is -0.366. The first-order valence-corrected chi connectivity index (χ1v) is 6.43. The summed E-state index contributed by atoms with van der Waals surface area (Å²) in [6.45, 7) is 2.09. The molecule has 88 valence electrons. The van der Waals surface area contributed by atoms with E-state index in [0.717, 1.165) is 25.7 Å². The monoisotopic (exact) mass is 212 g/mol. The van der Waals surface area contributed by atoms with E-state index in [2.05, 4.69) is 6.92 Å². The third-order valence-electron chi connectivity index (χ3n) is 3.44. The van der Waals surface area contributed by atoms with Gasteiger partial charge in [-0.2, -0.15) is 0 Å². The van der Waals surface area contributed by atoms with Crippen LogP contribution in [0.2, 0.25) is 0 Å². The molecular weight excluding hydrogens is 188 g/mol. The summed E-state index contributed by atoms with van der Waals surface area (Å²) >= 11 is 0. The lowest BCUT2D eigenvalue weighted by Crippen LogP contribution is -2.25. The zero-order chi connectivity index (χ0) is 11.1. The zero-order valence-corrected chi connectivity index (χ0v) is 9.87. The van der Waals surface area contributed by atoms with Gasteiger partial charge >= 0.3 is 0 Å². The number of aliphatic hydroxyl groups is 1. The van der Waals surface area contributed by atoms with Crippen LogP contribution in [0.25, 0.3) is 0 Å². The van der Waals surface area contributed by atoms with E-state index >= 15 is 0 Å². The van der Waals surface area contributed by atoms with Gasteiger partial charge in [-0.15, -0.1) is 0 Å². The second-order valence-corrected chi connectivity index (χ2v) is 4.81. The quantitative estimate of drug-likeness (QED) is 0.734. The Morgan fingerprint density at radius 3 is 2.60 bits per heavy atom. The van der Waals surface area contributed by atoms with Crippen molar-refractivity contribution in [2.24, 2.45) is 5.92 Å². The van der Waals surface area contributed by atoms with E-state index in [1.807, 2.05) is 0 Å². The first-order valence-electron chi connectivity index (χ1n) is 6.43. The van der Waals surface area contributed by atoms with Gasteiger partial charge in [-0.25, -0.2) is 0 Å². The molecule has 0 amide bonds. The molecule has 0 aromatic rings. The predicted octanol–water partition coefficient (Wildman–Crippen LogP) is 3.08. The summed E-state index contributed by atoms with van der Waals surface area (Å²) in [6.07, 6.45) is 8.69. The van der Waals surface area contributed by atoms with Crippen molar-refractivity contribution in [3.63, 3.8) is 0 Å². The third kappa shape index (κ3) is 4.78. The van der Waals surface area contributed by atoms with Crippen LogP contribution >= 0.6 is 0 Å². The van der Waals surface area contributed by atoms with Gasteiger partial charge in [0.15, 0.2) is 0 Å². The van der Waals surface area contributed by atoms with Crippen LogP contribution in [0.3, 0.4) is 0 Å². The van der Waals surface area contributed by atoms with Gasteiger partial charge < -0.3 is 5.11 Å². The first-order chi connectivity index (χ1) is 7.24. The highest BCUT2D eigenvalue weighted by atomic mass is 16.3. The molecule has 2 nitrogen and oxygen atoms in total. The number of Topliss-reactive ketones (excluding diaryl/α,β-unsaturated/α-hetero) is 1. The fourth-order valence-electron chi connectivity index (χ4n) is 2.39. The van der Waals surface area contributed by atoms with Crippen molar-refractivity contribution in [2.45, 2.75) is 70.8 Å². The number of hydrogen-bond donors (Lipinski definition) is 1. The van der Waals surface area contributed by atoms with Gasteiger partial charge in [-0.05, 0) is 25.2 Å². The van der Waals surface area contributed by atoms with E-state index in [0.29, 0.717) is 18.8 Å². The van der Waals surface area contributed by atoms with Crippen LogP contribution in [0, 0.1) is 5.92 Å². The highest BCUT2D eigenvalue weighted by Gasteiger charge is 2.23. The number of rotatable bonds is 6. The van der Waals surface area contributed by atoms with E-state index < -0.39 is 0 Å². The molecule has 0 bridgehead atoms. The maximum atomic E-state index is 11.5. The molecular formula is C13H24O2. The Labute approximate surface area is 93.1 Å². The Balaban J connectivity index is 2.21. The summed E-state index contributed by atoms with van der Waals surface area (Å²) in [5, 5.41) is 9.92. The average Bonchev–Trinajstić information content (AvgIpc) is 2.27. The molecule has 15 heavy (non-hydrogen) atoms. The molecule has 1 fully saturated rings. The Morgan fingerprint density at radius 1 is 1.33 bits per heavy atom. The van der Waals surface area contributed by atoms with Crippen LogP contribution < -0.4 is 0 Å². The Morgan fingerprint density at radius 2 is 2.00 bits per heavy atom. The van der Waals surface area contributed by atoms with Crippen molar-refractivity contribution < 1.29 is 9.90 Å². The Kier molecular flexibility index (Phi) is 5.92. The van der Waals surface area contributed by atoms with Crippen molar-refractivity contribution >= 4 is 5.78 Å². The molecule has 1 N–H and O–H groups in total. The largest absolute Gasteiger partial charge is 0.392 e. The van der Waals surface area contributed by atoms with E-state index in [-0.39, 0.29) is 11.9 Å². The first kappa shape index (κ1) is 12.7. The number of carbonyl (C=O) groups excluding carboxylic acids is 1. The van der Waals surface area contributed by atoms with Crippen molar-refractivity contribution in [1.82, 2.24) is 0 Å². The van der Waals surface area contributed by atoms with E-state index in [9.17, 15) is 9.90 Å². The molecule has 1 saturated carbocycles. The van der Waals surface area contributed by atoms with Crippen molar-refractivity contribution in [3.05, 3.63) is 0 Å². The number of unbranched alkanes of at least 4 members (excludes halogenated alkanes) is 1. The number of hydrogen-bond acceptors (Lipinski definition) is 2. The molecule has 1 rings (SSSR count). The maximum absolute atomic E-state index is 11.5. The predicted molar refractivity (Wildman–Crippen MR) is 61.7 cm³/mol. The molecule has 1 unspecified atom stereocenters. The molecule has 0 heterocycles. The minimum absolute atomic E-state index is 0.245. The fourth-order valence-corrected chi connectivity index (χ4v) is 2.39. The Hall–Kier alpha value is -0.370. The van der Waals surface area contributed by atoms with Gasteiger partial charge in [-0.1, -0.05) is 32.6 Å². The number of ketones is 1. The molecule has 1 atom stereocenters. The molecule has 0 aromatic heterocycles. The molecule has 1 aliphatic carbocycles. The molecule has 0 aromatic carbocycles. The maximum Gasteiger partial charge on any atom is 0.135 e. The summed E-state index contributed by atoms with van der Waals surface area (Å²) in [5.74, 6) is 0.638. The summed E-state index contributed by atoms with van der Waals surface area (Å²) in [4.78, 5) is 11.5. The van der Waals surface area contributed by atoms with Crippen molar-refractivity contribution in [2.75, 3.05) is 0 Å². The van der Waals surface area contributed by atoms with E-state index in [1.165, 1.54) is 19.3 Å². The number of carbonyl (C=O) groups is 1. The van der Waals surface area contributed by atoms with E-state index in [4.69, 9.17) is 0 Å². The van der Waals surface area contributed by atoms with Gasteiger partial charge in [0.2, 0.25) is 0 Å². The van der Waals surface area contributed by atoms with Crippen LogP contribution in [0.1, 0.15) is 64.7 Å². The fraction of sp³-hybridized carbons (Fsp3) is 0.923. The number of aliphatic hydroxyl groups excluding tert-OH is 1. The van der Waals surface area contributed by atoms with Gasteiger partial charge in [-0.3, -0.25) is 4.79 Å². The highest BCUT2D eigenvalue weighted by Crippen LogP contribution is 2.27. The van der Waals surface area contributed by atoms with Crippen molar-refractivity contribution in [3.8, 4) is 0 Å². The normalized spacial score (nSPS) is 20.1. The van der Waals surface area contributed by atoms with Gasteiger partial charge in [0.25, 0.3) is 0 Å². The van der Waals surface area contributed by atoms with Crippen LogP contribution in [0.15, 0.2) is 0 Å². The summed E-state index contributed by atoms with van der Waals surface area (Å²) in [6, 6.07) is 0. The van der Waals surface area contributed by atoms with Crippen molar-refractivity contribution in [1.29, 1.82) is 0 Å². The SMILES string of the molecule is CCCCC(=O)CC(O)C1CCCCC1. The topological polar surface area (TPSA) is 37.3 Å². The minimum Gasteiger partial charge on any atom is -0.392 e. The molecule has 0 radical (unpaired) electrons. The van der Waals surface area contributed by atoms with Crippen LogP contribution in [0.4, 0.5) is 0 Å². The van der Waals surface area contributed by atoms with Gasteiger partial charge in [0, 0.05) is 12.8 Å². The zero-order valence-electron chi connectivity index (χ0n) is 9.87. The molecule has 0 aliphatic heterocycles. The standard InChI is InChI=1S/C13H24O2/c1-2-3-9-12(14)10-13(15)11-7-5-4-6-8-11/h11,13,15H,2-10H2,1H3. The van der Waals surface area contributed by atoms with Crippen LogP contribution in [0.5, 0.6) is 0 Å². The second kappa shape index (κ2) is 7.00. The van der Waals surface area contributed by atoms with Gasteiger partial charge in [0.05, 0.1) is 6.10 Å². The van der Waals surface area contributed by atoms with Crippen LogP contribution in [-0.2, 0) is 4.79 Å². The molecule has 0 saturated heterocycles. The molecule has 2 heteroatoms. The lowest BCUT2D eigenvalue weighted by molar-refractivity contribution is -0.122. The summed E-state index contributed by atoms with van der Waals surface area (Å²) in [7, 11) is 0. The smallest absolute Gasteiger partial charge is 0.135 e. The van der Waals surface area contributed by atoms with E-state index in [1.54, 1.807) is 0 Å². The molecule has 1 aliphatic rings. The third-order valence-corrected chi connectivity index (χ3v) is 3.44. The Bertz CT molecular complexity index is 183. The average molecular weight is 212 g/mol. The van der Waals surface area contributed by atoms with Gasteiger partial charge in [0.1, 0.15) is 5.78 Å².